The minimum absolute atomic E-state index is 0.102. The molecule has 0 spiro atoms. The number of carbonyl (C=O) groups excluding carboxylic acids is 1. The van der Waals surface area contributed by atoms with Crippen LogP contribution in [-0.2, 0) is 11.3 Å². The van der Waals surface area contributed by atoms with Crippen LogP contribution in [0.4, 0.5) is 14.5 Å². The molecule has 9 heteroatoms. The van der Waals surface area contributed by atoms with Crippen molar-refractivity contribution in [3.05, 3.63) is 107 Å². The highest BCUT2D eigenvalue weighted by molar-refractivity contribution is 5.94. The molecule has 0 saturated carbocycles. The molecule has 0 aliphatic carbocycles. The summed E-state index contributed by atoms with van der Waals surface area (Å²) in [6.45, 7) is 1.78. The van der Waals surface area contributed by atoms with E-state index in [0.717, 1.165) is 0 Å². The second-order valence-electron chi connectivity index (χ2n) is 8.11. The summed E-state index contributed by atoms with van der Waals surface area (Å²) in [5, 5.41) is 5.49. The highest BCUT2D eigenvalue weighted by Crippen LogP contribution is 2.24. The third kappa shape index (κ3) is 5.81. The topological polar surface area (TPSA) is 85.2 Å². The summed E-state index contributed by atoms with van der Waals surface area (Å²) in [6, 6.07) is 15.8. The van der Waals surface area contributed by atoms with Crippen LogP contribution in [-0.4, -0.2) is 28.5 Å². The lowest BCUT2D eigenvalue weighted by molar-refractivity contribution is -0.117. The quantitative estimate of drug-likeness (QED) is 0.378. The maximum atomic E-state index is 13.5. The predicted molar refractivity (Wildman–Crippen MR) is 133 cm³/mol. The largest absolute Gasteiger partial charge is 0.456 e. The van der Waals surface area contributed by atoms with Gasteiger partial charge in [0.15, 0.2) is 0 Å². The summed E-state index contributed by atoms with van der Waals surface area (Å²) in [7, 11) is 1.65. The van der Waals surface area contributed by atoms with Crippen molar-refractivity contribution in [3.8, 4) is 22.8 Å². The average molecular weight is 491 g/mol. The monoisotopic (exact) mass is 490 g/mol. The van der Waals surface area contributed by atoms with Gasteiger partial charge in [0, 0.05) is 6.20 Å². The fraction of sp³-hybridized carbons (Fsp3) is 0.148. The number of hydrogen-bond acceptors (Lipinski definition) is 5. The minimum Gasteiger partial charge on any atom is -0.456 e. The molecule has 184 valence electrons. The van der Waals surface area contributed by atoms with Crippen molar-refractivity contribution in [2.24, 2.45) is 0 Å². The molecule has 0 fully saturated rings. The molecule has 2 aromatic heterocycles. The van der Waals surface area contributed by atoms with Crippen molar-refractivity contribution >= 4 is 11.6 Å². The Kier molecular flexibility index (Phi) is 7.50. The minimum atomic E-state index is -0.501. The molecule has 4 rings (SSSR count). The Morgan fingerprint density at radius 1 is 0.972 bits per heavy atom. The number of likely N-dealkylation sites (N-methyl/N-ethyl adjacent to an activating group) is 1. The summed E-state index contributed by atoms with van der Waals surface area (Å²) in [5.74, 6) is -0.289. The first-order valence-corrected chi connectivity index (χ1v) is 11.2. The van der Waals surface area contributed by atoms with Gasteiger partial charge in [0.05, 0.1) is 24.5 Å². The van der Waals surface area contributed by atoms with Gasteiger partial charge in [0.25, 0.3) is 5.56 Å². The molecule has 2 aromatic carbocycles. The number of pyridine rings is 2. The van der Waals surface area contributed by atoms with Crippen LogP contribution in [0.15, 0.2) is 83.9 Å². The van der Waals surface area contributed by atoms with Crippen molar-refractivity contribution in [1.82, 2.24) is 14.9 Å². The first kappa shape index (κ1) is 24.7. The number of hydrogen-bond donors (Lipinski definition) is 2. The number of rotatable bonds is 8. The number of carbonyl (C=O) groups is 1. The van der Waals surface area contributed by atoms with E-state index in [0.29, 0.717) is 28.3 Å². The van der Waals surface area contributed by atoms with Gasteiger partial charge in [0.1, 0.15) is 28.8 Å². The lowest BCUT2D eigenvalue weighted by Crippen LogP contribution is -2.37. The molecule has 2 heterocycles. The van der Waals surface area contributed by atoms with Crippen LogP contribution in [0.1, 0.15) is 12.5 Å². The van der Waals surface area contributed by atoms with E-state index in [2.05, 4.69) is 15.6 Å². The molecule has 0 aliphatic rings. The van der Waals surface area contributed by atoms with Crippen LogP contribution in [0, 0.1) is 11.6 Å². The highest BCUT2D eigenvalue weighted by Gasteiger charge is 2.16. The van der Waals surface area contributed by atoms with E-state index in [9.17, 15) is 18.4 Å². The molecule has 0 aliphatic heterocycles. The average Bonchev–Trinajstić information content (AvgIpc) is 2.88. The predicted octanol–water partition coefficient (Wildman–Crippen LogP) is 4.58. The van der Waals surface area contributed by atoms with Crippen LogP contribution < -0.4 is 20.9 Å². The summed E-state index contributed by atoms with van der Waals surface area (Å²) < 4.78 is 34.0. The van der Waals surface area contributed by atoms with Gasteiger partial charge in [0.2, 0.25) is 5.91 Å². The van der Waals surface area contributed by atoms with E-state index < -0.39 is 17.4 Å². The number of nitrogens with zero attached hydrogens (tertiary/aromatic N) is 2. The summed E-state index contributed by atoms with van der Waals surface area (Å²) in [4.78, 5) is 30.0. The molecule has 0 bridgehead atoms. The Morgan fingerprint density at radius 3 is 2.31 bits per heavy atom. The molecular formula is C27H24F2N4O3. The van der Waals surface area contributed by atoms with E-state index in [-0.39, 0.29) is 24.0 Å². The van der Waals surface area contributed by atoms with E-state index in [4.69, 9.17) is 4.74 Å². The van der Waals surface area contributed by atoms with Gasteiger partial charge < -0.3 is 19.9 Å². The van der Waals surface area contributed by atoms with Gasteiger partial charge >= 0.3 is 0 Å². The number of aromatic nitrogens is 2. The number of ether oxygens (including phenoxy) is 1. The second-order valence-corrected chi connectivity index (χ2v) is 8.11. The summed E-state index contributed by atoms with van der Waals surface area (Å²) in [6.07, 6.45) is 3.10. The Hall–Kier alpha value is -4.37. The molecule has 1 amide bonds. The number of halogens is 2. The van der Waals surface area contributed by atoms with Gasteiger partial charge in [-0.1, -0.05) is 0 Å². The number of benzene rings is 2. The Balaban J connectivity index is 1.70. The summed E-state index contributed by atoms with van der Waals surface area (Å²) in [5.41, 5.74) is 1.48. The zero-order chi connectivity index (χ0) is 25.7. The second kappa shape index (κ2) is 10.9. The van der Waals surface area contributed by atoms with Crippen molar-refractivity contribution in [2.45, 2.75) is 19.5 Å². The van der Waals surface area contributed by atoms with Gasteiger partial charge in [-0.25, -0.2) is 8.78 Å². The number of nitrogens with one attached hydrogen (secondary N) is 2. The molecular weight excluding hydrogens is 466 g/mol. The van der Waals surface area contributed by atoms with Gasteiger partial charge in [-0.2, -0.15) is 0 Å². The van der Waals surface area contributed by atoms with Gasteiger partial charge in [-0.05, 0) is 91.8 Å². The molecule has 0 saturated heterocycles. The third-order valence-electron chi connectivity index (χ3n) is 5.56. The lowest BCUT2D eigenvalue weighted by Gasteiger charge is -2.17. The van der Waals surface area contributed by atoms with E-state index in [1.54, 1.807) is 44.4 Å². The smallest absolute Gasteiger partial charge is 0.275 e. The van der Waals surface area contributed by atoms with Crippen molar-refractivity contribution < 1.29 is 18.3 Å². The Morgan fingerprint density at radius 2 is 1.64 bits per heavy atom. The van der Waals surface area contributed by atoms with Crippen molar-refractivity contribution in [2.75, 3.05) is 12.4 Å². The van der Waals surface area contributed by atoms with E-state index in [1.807, 2.05) is 0 Å². The molecule has 7 nitrogen and oxygen atoms in total. The molecule has 0 radical (unpaired) electrons. The third-order valence-corrected chi connectivity index (χ3v) is 5.56. The van der Waals surface area contributed by atoms with Crippen LogP contribution in [0.25, 0.3) is 11.3 Å². The van der Waals surface area contributed by atoms with Crippen LogP contribution >= 0.6 is 0 Å². The standard InChI is InChI=1S/C27H24F2N4O3/c1-17(30-2)26(34)32-24-11-12-25(19-3-5-20(28)6-4-19)33(27(24)35)16-18-13-23(15-31-14-18)36-22-9-7-21(29)8-10-22/h3-15,17,30H,16H2,1-2H3,(H,32,34)/t17-/m0/s1. The first-order valence-electron chi connectivity index (χ1n) is 11.2. The molecule has 4 aromatic rings. The fourth-order valence-corrected chi connectivity index (χ4v) is 3.50. The number of anilines is 1. The van der Waals surface area contributed by atoms with Gasteiger partial charge in [-0.15, -0.1) is 0 Å². The lowest BCUT2D eigenvalue weighted by atomic mass is 10.1. The SMILES string of the molecule is CN[C@@H](C)C(=O)Nc1ccc(-c2ccc(F)cc2)n(Cc2cncc(Oc3ccc(F)cc3)c2)c1=O. The van der Waals surface area contributed by atoms with E-state index in [1.165, 1.54) is 53.2 Å². The highest BCUT2D eigenvalue weighted by atomic mass is 19.1. The summed E-state index contributed by atoms with van der Waals surface area (Å²) >= 11 is 0. The fourth-order valence-electron chi connectivity index (χ4n) is 3.50. The molecule has 0 unspecified atom stereocenters. The van der Waals surface area contributed by atoms with Crippen LogP contribution in [0.5, 0.6) is 11.5 Å². The van der Waals surface area contributed by atoms with Gasteiger partial charge in [-0.3, -0.25) is 14.6 Å². The normalized spacial score (nSPS) is 11.7. The maximum Gasteiger partial charge on any atom is 0.275 e. The van der Waals surface area contributed by atoms with Crippen molar-refractivity contribution in [3.63, 3.8) is 0 Å². The zero-order valence-electron chi connectivity index (χ0n) is 19.7. The maximum absolute atomic E-state index is 13.5. The Bertz CT molecular complexity index is 1420. The molecule has 1 atom stereocenters. The molecule has 36 heavy (non-hydrogen) atoms. The first-order chi connectivity index (χ1) is 17.3. The van der Waals surface area contributed by atoms with Crippen molar-refractivity contribution in [1.29, 1.82) is 0 Å². The van der Waals surface area contributed by atoms with Crippen LogP contribution in [0.2, 0.25) is 0 Å². The zero-order valence-corrected chi connectivity index (χ0v) is 19.7. The Labute approximate surface area is 206 Å². The molecule has 2 N–H and O–H groups in total. The van der Waals surface area contributed by atoms with Crippen LogP contribution in [0.3, 0.4) is 0 Å². The number of amides is 1. The van der Waals surface area contributed by atoms with E-state index >= 15 is 0 Å².